The molecule has 2 aromatic carbocycles. The Morgan fingerprint density at radius 3 is 2.47 bits per heavy atom. The van der Waals surface area contributed by atoms with Gasteiger partial charge in [-0.15, -0.1) is 0 Å². The van der Waals surface area contributed by atoms with E-state index in [4.69, 9.17) is 22.1 Å². The zero-order valence-electron chi connectivity index (χ0n) is 27.3. The number of carboxylic acids is 1. The van der Waals surface area contributed by atoms with Gasteiger partial charge in [0.15, 0.2) is 23.9 Å². The first-order valence-electron chi connectivity index (χ1n) is 15.9. The molecular weight excluding hydrogens is 664 g/mol. The molecule has 2 atom stereocenters. The Hall–Kier alpha value is -4.60. The molecule has 0 spiro atoms. The highest BCUT2D eigenvalue weighted by Crippen LogP contribution is 2.31. The number of piperazine rings is 1. The number of rotatable bonds is 11. The summed E-state index contributed by atoms with van der Waals surface area (Å²) in [5.41, 5.74) is 6.25. The van der Waals surface area contributed by atoms with Crippen molar-refractivity contribution in [1.82, 2.24) is 19.4 Å². The van der Waals surface area contributed by atoms with Crippen molar-refractivity contribution in [3.05, 3.63) is 64.6 Å². The van der Waals surface area contributed by atoms with Crippen molar-refractivity contribution in [2.75, 3.05) is 71.3 Å². The molecule has 262 valence electrons. The Balaban J connectivity index is 1.18. The highest BCUT2D eigenvalue weighted by Gasteiger charge is 2.44. The van der Waals surface area contributed by atoms with E-state index >= 15 is 0 Å². The van der Waals surface area contributed by atoms with E-state index in [9.17, 15) is 33.1 Å². The maximum Gasteiger partial charge on any atom is 0.359 e. The van der Waals surface area contributed by atoms with Crippen molar-refractivity contribution in [3.63, 3.8) is 0 Å². The fraction of sp³-hybridized carbons (Fsp3) is 0.424. The van der Waals surface area contributed by atoms with Crippen LogP contribution in [0.4, 0.5) is 14.5 Å². The molecule has 0 bridgehead atoms. The molecule has 1 aromatic heterocycles. The third-order valence-electron chi connectivity index (χ3n) is 9.29. The van der Waals surface area contributed by atoms with E-state index in [0.717, 1.165) is 0 Å². The SMILES string of the molecule is COc1ccc(-c2cnc(C(=O)Nc3ccc(C(=O)N4CCN(C(=O)C5CC[N+](CCCN)(CC(=O)O)C5)CC4)c(Cl)c3)n2C)c(F)c1F. The van der Waals surface area contributed by atoms with Gasteiger partial charge in [-0.2, -0.15) is 4.39 Å². The Bertz CT molecular complexity index is 1760. The van der Waals surface area contributed by atoms with Gasteiger partial charge in [0.05, 0.1) is 55.1 Å². The van der Waals surface area contributed by atoms with Crippen LogP contribution in [0, 0.1) is 17.6 Å². The van der Waals surface area contributed by atoms with E-state index in [1.807, 2.05) is 0 Å². The summed E-state index contributed by atoms with van der Waals surface area (Å²) in [6.07, 6.45) is 2.55. The van der Waals surface area contributed by atoms with Gasteiger partial charge in [0.2, 0.25) is 11.7 Å². The second kappa shape index (κ2) is 14.9. The molecule has 2 aliphatic rings. The monoisotopic (exact) mass is 702 g/mol. The lowest BCUT2D eigenvalue weighted by Gasteiger charge is -2.36. The maximum absolute atomic E-state index is 14.7. The molecule has 2 fully saturated rings. The van der Waals surface area contributed by atoms with E-state index in [2.05, 4.69) is 10.3 Å². The molecule has 16 heteroatoms. The molecule has 13 nitrogen and oxygen atoms in total. The lowest BCUT2D eigenvalue weighted by molar-refractivity contribution is -0.910. The van der Waals surface area contributed by atoms with Gasteiger partial charge in [-0.05, 0) is 36.9 Å². The summed E-state index contributed by atoms with van der Waals surface area (Å²) in [6.45, 7) is 3.41. The number of halogens is 3. The number of nitrogens with zero attached hydrogens (tertiary/aromatic N) is 5. The van der Waals surface area contributed by atoms with Gasteiger partial charge in [0.1, 0.15) is 0 Å². The van der Waals surface area contributed by atoms with Crippen LogP contribution in [-0.4, -0.2) is 119 Å². The Labute approximate surface area is 286 Å². The van der Waals surface area contributed by atoms with Crippen LogP contribution in [0.25, 0.3) is 11.3 Å². The number of nitrogens with one attached hydrogen (secondary N) is 1. The number of imidazole rings is 1. The zero-order chi connectivity index (χ0) is 35.5. The van der Waals surface area contributed by atoms with E-state index in [1.165, 1.54) is 55.3 Å². The lowest BCUT2D eigenvalue weighted by Crippen LogP contribution is -2.54. The standard InChI is InChI=1S/C33H38ClF2N7O6/c1-40-25(23-6-7-26(49-2)29(36)28(23)35)17-38-30(40)31(46)39-21-4-5-22(24(34)16-21)33(48)42-12-10-41(11-13-42)32(47)20-8-15-43(18-20,14-3-9-37)19-27(44)45/h4-7,16-17,20H,3,8-15,18-19,37H2,1-2H3,(H-,39,44,45,46,48)/p+1. The van der Waals surface area contributed by atoms with Gasteiger partial charge >= 0.3 is 5.97 Å². The number of aliphatic carboxylic acids is 1. The molecule has 0 radical (unpaired) electrons. The van der Waals surface area contributed by atoms with Crippen LogP contribution in [0.3, 0.4) is 0 Å². The fourth-order valence-corrected chi connectivity index (χ4v) is 6.95. The average Bonchev–Trinajstić information content (AvgIpc) is 3.68. The quantitative estimate of drug-likeness (QED) is 0.257. The van der Waals surface area contributed by atoms with Crippen molar-refractivity contribution >= 4 is 41.0 Å². The van der Waals surface area contributed by atoms with E-state index < -0.39 is 23.5 Å². The molecule has 2 aliphatic heterocycles. The van der Waals surface area contributed by atoms with Crippen molar-refractivity contribution < 1.29 is 42.3 Å². The summed E-state index contributed by atoms with van der Waals surface area (Å²) < 4.78 is 35.5. The highest BCUT2D eigenvalue weighted by molar-refractivity contribution is 6.34. The maximum atomic E-state index is 14.7. The van der Waals surface area contributed by atoms with Crippen LogP contribution in [0.15, 0.2) is 36.5 Å². The number of nitrogens with two attached hydrogens (primary N) is 1. The van der Waals surface area contributed by atoms with Crippen LogP contribution >= 0.6 is 11.6 Å². The van der Waals surface area contributed by atoms with Crippen LogP contribution in [0.2, 0.25) is 5.02 Å². The summed E-state index contributed by atoms with van der Waals surface area (Å²) >= 11 is 6.49. The molecule has 2 saturated heterocycles. The number of carbonyl (C=O) groups is 4. The second-order valence-corrected chi connectivity index (χ2v) is 12.8. The lowest BCUT2D eigenvalue weighted by atomic mass is 10.1. The van der Waals surface area contributed by atoms with Gasteiger partial charge in [-0.1, -0.05) is 11.6 Å². The number of likely N-dealkylation sites (tertiary alicyclic amines) is 1. The zero-order valence-corrected chi connectivity index (χ0v) is 28.0. The molecule has 2 unspecified atom stereocenters. The number of methoxy groups -OCH3 is 1. The van der Waals surface area contributed by atoms with Crippen LogP contribution < -0.4 is 15.8 Å². The summed E-state index contributed by atoms with van der Waals surface area (Å²) in [6, 6.07) is 7.06. The smallest absolute Gasteiger partial charge is 0.359 e. The number of carboxylic acid groups (broad SMARTS) is 1. The van der Waals surface area contributed by atoms with Crippen molar-refractivity contribution in [3.8, 4) is 17.0 Å². The molecule has 4 N–H and O–H groups in total. The van der Waals surface area contributed by atoms with E-state index in [0.29, 0.717) is 69.7 Å². The fourth-order valence-electron chi connectivity index (χ4n) is 6.69. The van der Waals surface area contributed by atoms with Gasteiger partial charge in [0, 0.05) is 57.3 Å². The first-order valence-corrected chi connectivity index (χ1v) is 16.3. The number of hydrogen-bond donors (Lipinski definition) is 3. The average molecular weight is 703 g/mol. The first kappa shape index (κ1) is 35.7. The number of carbonyl (C=O) groups excluding carboxylic acids is 3. The molecular formula is C33H39ClF2N7O6+. The number of quaternary nitrogens is 1. The summed E-state index contributed by atoms with van der Waals surface area (Å²) in [5, 5.41) is 12.2. The Morgan fingerprint density at radius 2 is 1.82 bits per heavy atom. The van der Waals surface area contributed by atoms with E-state index in [1.54, 1.807) is 9.80 Å². The molecule has 3 amide bonds. The third-order valence-corrected chi connectivity index (χ3v) is 9.60. The third kappa shape index (κ3) is 7.53. The van der Waals surface area contributed by atoms with Gasteiger partial charge in [-0.3, -0.25) is 14.4 Å². The molecule has 0 saturated carbocycles. The highest BCUT2D eigenvalue weighted by atomic mass is 35.5. The Kier molecular flexibility index (Phi) is 10.8. The topological polar surface area (TPSA) is 160 Å². The molecule has 5 rings (SSSR count). The number of benzene rings is 2. The first-order chi connectivity index (χ1) is 23.4. The predicted molar refractivity (Wildman–Crippen MR) is 176 cm³/mol. The Morgan fingerprint density at radius 1 is 1.10 bits per heavy atom. The van der Waals surface area contributed by atoms with Crippen molar-refractivity contribution in [2.24, 2.45) is 18.7 Å². The number of hydrogen-bond acceptors (Lipinski definition) is 7. The minimum atomic E-state index is -1.16. The molecule has 3 aromatic rings. The van der Waals surface area contributed by atoms with Gasteiger partial charge < -0.3 is 39.7 Å². The van der Waals surface area contributed by atoms with Gasteiger partial charge in [0.25, 0.3) is 11.8 Å². The minimum absolute atomic E-state index is 0.0236. The minimum Gasteiger partial charge on any atom is -0.494 e. The van der Waals surface area contributed by atoms with Crippen molar-refractivity contribution in [2.45, 2.75) is 12.8 Å². The van der Waals surface area contributed by atoms with Crippen LogP contribution in [-0.2, 0) is 16.6 Å². The predicted octanol–water partition coefficient (Wildman–Crippen LogP) is 2.83. The second-order valence-electron chi connectivity index (χ2n) is 12.4. The molecule has 3 heterocycles. The van der Waals surface area contributed by atoms with E-state index in [-0.39, 0.29) is 63.4 Å². The largest absolute Gasteiger partial charge is 0.494 e. The van der Waals surface area contributed by atoms with Crippen molar-refractivity contribution in [1.29, 1.82) is 0 Å². The molecule has 0 aliphatic carbocycles. The number of ether oxygens (including phenoxy) is 1. The number of amides is 3. The van der Waals surface area contributed by atoms with Crippen LogP contribution in [0.1, 0.15) is 33.8 Å². The number of anilines is 1. The normalized spacial score (nSPS) is 19.2. The van der Waals surface area contributed by atoms with Gasteiger partial charge in [-0.25, -0.2) is 14.2 Å². The summed E-state index contributed by atoms with van der Waals surface area (Å²) in [7, 11) is 2.72. The summed E-state index contributed by atoms with van der Waals surface area (Å²) in [5.74, 6) is -4.78. The summed E-state index contributed by atoms with van der Waals surface area (Å²) in [4.78, 5) is 58.8. The molecule has 49 heavy (non-hydrogen) atoms. The van der Waals surface area contributed by atoms with Crippen LogP contribution in [0.5, 0.6) is 5.75 Å². The number of aromatic nitrogens is 2.